The predicted molar refractivity (Wildman–Crippen MR) is 102 cm³/mol. The van der Waals surface area contributed by atoms with Crippen LogP contribution in [0.2, 0.25) is 0 Å². The first-order chi connectivity index (χ1) is 13.1. The number of ether oxygens (including phenoxy) is 2. The fourth-order valence-corrected chi connectivity index (χ4v) is 3.04. The Morgan fingerprint density at radius 3 is 2.89 bits per heavy atom. The summed E-state index contributed by atoms with van der Waals surface area (Å²) in [6.07, 6.45) is 2.67. The molecule has 1 aliphatic rings. The zero-order chi connectivity index (χ0) is 19.6. The Balaban J connectivity index is 2.06. The first-order valence-corrected chi connectivity index (χ1v) is 9.60. The van der Waals surface area contributed by atoms with Crippen molar-refractivity contribution in [3.63, 3.8) is 0 Å². The van der Waals surface area contributed by atoms with Gasteiger partial charge in [-0.2, -0.15) is 0 Å². The normalized spacial score (nSPS) is 17.9. The Kier molecular flexibility index (Phi) is 8.50. The second-order valence-electron chi connectivity index (χ2n) is 6.67. The summed E-state index contributed by atoms with van der Waals surface area (Å²) in [5.41, 5.74) is 0. The van der Waals surface area contributed by atoms with E-state index in [9.17, 15) is 4.79 Å². The van der Waals surface area contributed by atoms with Gasteiger partial charge in [0.25, 0.3) is 0 Å². The van der Waals surface area contributed by atoms with E-state index in [1.807, 2.05) is 25.5 Å². The highest BCUT2D eigenvalue weighted by atomic mass is 16.5. The number of hydrogen-bond donors (Lipinski definition) is 1. The molecule has 1 aromatic rings. The van der Waals surface area contributed by atoms with E-state index in [-0.39, 0.29) is 11.9 Å². The van der Waals surface area contributed by atoms with Crippen LogP contribution in [0.15, 0.2) is 4.99 Å². The molecule has 1 saturated heterocycles. The lowest BCUT2D eigenvalue weighted by Gasteiger charge is -2.34. The Bertz CT molecular complexity index is 631. The van der Waals surface area contributed by atoms with Crippen LogP contribution in [0.4, 0.5) is 0 Å². The summed E-state index contributed by atoms with van der Waals surface area (Å²) in [6.45, 7) is 7.53. The summed E-state index contributed by atoms with van der Waals surface area (Å²) in [6, 6.07) is 0. The topological polar surface area (TPSA) is 93.9 Å². The number of nitrogens with zero attached hydrogens (tertiary/aromatic N) is 5. The number of aliphatic imine (C=N–C) groups is 1. The zero-order valence-corrected chi connectivity index (χ0v) is 16.9. The van der Waals surface area contributed by atoms with Gasteiger partial charge in [0.15, 0.2) is 11.8 Å². The van der Waals surface area contributed by atoms with E-state index in [4.69, 9.17) is 14.5 Å². The molecule has 0 aliphatic carbocycles. The lowest BCUT2D eigenvalue weighted by molar-refractivity contribution is -0.149. The minimum atomic E-state index is -0.121. The number of likely N-dealkylation sites (tertiary alicyclic amines) is 1. The Hall–Kier alpha value is -2.16. The third kappa shape index (κ3) is 6.20. The van der Waals surface area contributed by atoms with Gasteiger partial charge in [-0.15, -0.1) is 10.2 Å². The van der Waals surface area contributed by atoms with Gasteiger partial charge >= 0.3 is 5.97 Å². The van der Waals surface area contributed by atoms with Crippen molar-refractivity contribution in [3.05, 3.63) is 11.6 Å². The van der Waals surface area contributed by atoms with Crippen LogP contribution < -0.4 is 5.32 Å². The molecule has 1 N–H and O–H groups in total. The number of aryl methyl sites for hydroxylation is 1. The Morgan fingerprint density at radius 1 is 1.41 bits per heavy atom. The molecule has 1 fully saturated rings. The Morgan fingerprint density at radius 2 is 2.22 bits per heavy atom. The van der Waals surface area contributed by atoms with E-state index in [0.29, 0.717) is 26.3 Å². The van der Waals surface area contributed by atoms with Gasteiger partial charge in [0.1, 0.15) is 12.4 Å². The fourth-order valence-electron chi connectivity index (χ4n) is 3.04. The Labute approximate surface area is 161 Å². The summed E-state index contributed by atoms with van der Waals surface area (Å²) >= 11 is 0. The van der Waals surface area contributed by atoms with Crippen LogP contribution in [0.25, 0.3) is 0 Å². The standard InChI is InChI=1S/C18H32N6O3/c1-5-27-17(25)15-8-6-10-24(13-15)18(19-9-7-11-26-4)20-12-16-22-21-14(2)23(16)3/h15H,5-13H2,1-4H3,(H,19,20). The summed E-state index contributed by atoms with van der Waals surface area (Å²) in [7, 11) is 3.63. The summed E-state index contributed by atoms with van der Waals surface area (Å²) in [5, 5.41) is 11.7. The van der Waals surface area contributed by atoms with E-state index in [0.717, 1.165) is 50.0 Å². The minimum Gasteiger partial charge on any atom is -0.466 e. The number of carbonyl (C=O) groups excluding carboxylic acids is 1. The molecule has 1 unspecified atom stereocenters. The van der Waals surface area contributed by atoms with E-state index < -0.39 is 0 Å². The number of methoxy groups -OCH3 is 1. The van der Waals surface area contributed by atoms with Crippen LogP contribution in [0.1, 0.15) is 37.8 Å². The molecule has 2 heterocycles. The van der Waals surface area contributed by atoms with E-state index in [2.05, 4.69) is 20.4 Å². The second kappa shape index (κ2) is 10.9. The first-order valence-electron chi connectivity index (χ1n) is 9.60. The van der Waals surface area contributed by atoms with Crippen LogP contribution in [-0.4, -0.2) is 71.6 Å². The maximum atomic E-state index is 12.1. The van der Waals surface area contributed by atoms with Crippen molar-refractivity contribution in [2.75, 3.05) is 40.0 Å². The highest BCUT2D eigenvalue weighted by molar-refractivity contribution is 5.81. The maximum Gasteiger partial charge on any atom is 0.310 e. The summed E-state index contributed by atoms with van der Waals surface area (Å²) in [4.78, 5) is 19.0. The second-order valence-corrected chi connectivity index (χ2v) is 6.67. The molecule has 0 saturated carbocycles. The highest BCUT2D eigenvalue weighted by Crippen LogP contribution is 2.18. The van der Waals surface area contributed by atoms with Crippen LogP contribution in [0.3, 0.4) is 0 Å². The van der Waals surface area contributed by atoms with Crippen molar-refractivity contribution in [2.45, 2.75) is 39.7 Å². The monoisotopic (exact) mass is 380 g/mol. The largest absolute Gasteiger partial charge is 0.466 e. The number of hydrogen-bond acceptors (Lipinski definition) is 6. The molecule has 1 aromatic heterocycles. The third-order valence-corrected chi connectivity index (χ3v) is 4.70. The first kappa shape index (κ1) is 21.1. The fraction of sp³-hybridized carbons (Fsp3) is 0.778. The van der Waals surface area contributed by atoms with Crippen molar-refractivity contribution in [3.8, 4) is 0 Å². The lowest BCUT2D eigenvalue weighted by Crippen LogP contribution is -2.48. The van der Waals surface area contributed by atoms with Gasteiger partial charge in [0.2, 0.25) is 0 Å². The summed E-state index contributed by atoms with van der Waals surface area (Å²) in [5.74, 6) is 2.23. The molecule has 27 heavy (non-hydrogen) atoms. The SMILES string of the molecule is CCOC(=O)C1CCCN(C(=NCc2nnc(C)n2C)NCCCOC)C1. The molecule has 1 atom stereocenters. The molecule has 9 nitrogen and oxygen atoms in total. The van der Waals surface area contributed by atoms with E-state index >= 15 is 0 Å². The zero-order valence-electron chi connectivity index (χ0n) is 16.9. The molecule has 152 valence electrons. The average Bonchev–Trinajstić information content (AvgIpc) is 3.00. The number of aromatic nitrogens is 3. The van der Waals surface area contributed by atoms with Gasteiger partial charge in [-0.1, -0.05) is 0 Å². The summed E-state index contributed by atoms with van der Waals surface area (Å²) < 4.78 is 12.3. The molecule has 1 aliphatic heterocycles. The van der Waals surface area contributed by atoms with Crippen LogP contribution in [-0.2, 0) is 27.9 Å². The molecule has 0 spiro atoms. The van der Waals surface area contributed by atoms with Gasteiger partial charge in [-0.05, 0) is 33.1 Å². The molecule has 2 rings (SSSR count). The number of piperidine rings is 1. The van der Waals surface area contributed by atoms with Gasteiger partial charge in [0, 0.05) is 40.4 Å². The number of esters is 1. The molecule has 0 amide bonds. The number of rotatable bonds is 8. The third-order valence-electron chi connectivity index (χ3n) is 4.70. The molecule has 0 aromatic carbocycles. The average molecular weight is 380 g/mol. The molecule has 0 radical (unpaired) electrons. The van der Waals surface area contributed by atoms with Crippen molar-refractivity contribution >= 4 is 11.9 Å². The molecule has 0 bridgehead atoms. The van der Waals surface area contributed by atoms with Crippen LogP contribution in [0.5, 0.6) is 0 Å². The van der Waals surface area contributed by atoms with Crippen LogP contribution in [0, 0.1) is 12.8 Å². The van der Waals surface area contributed by atoms with Gasteiger partial charge in [-0.3, -0.25) is 4.79 Å². The number of carbonyl (C=O) groups is 1. The smallest absolute Gasteiger partial charge is 0.310 e. The van der Waals surface area contributed by atoms with Crippen molar-refractivity contribution in [2.24, 2.45) is 18.0 Å². The van der Waals surface area contributed by atoms with E-state index in [1.165, 1.54) is 0 Å². The van der Waals surface area contributed by atoms with Gasteiger partial charge in [0.05, 0.1) is 12.5 Å². The lowest BCUT2D eigenvalue weighted by atomic mass is 9.98. The van der Waals surface area contributed by atoms with Crippen molar-refractivity contribution < 1.29 is 14.3 Å². The molecule has 9 heteroatoms. The van der Waals surface area contributed by atoms with E-state index in [1.54, 1.807) is 7.11 Å². The predicted octanol–water partition coefficient (Wildman–Crippen LogP) is 0.881. The van der Waals surface area contributed by atoms with Crippen molar-refractivity contribution in [1.29, 1.82) is 0 Å². The maximum absolute atomic E-state index is 12.1. The van der Waals surface area contributed by atoms with Gasteiger partial charge in [-0.25, -0.2) is 4.99 Å². The van der Waals surface area contributed by atoms with Crippen LogP contribution >= 0.6 is 0 Å². The molecular formula is C18H32N6O3. The quantitative estimate of drug-likeness (QED) is 0.310. The highest BCUT2D eigenvalue weighted by Gasteiger charge is 2.28. The molecular weight excluding hydrogens is 348 g/mol. The minimum absolute atomic E-state index is 0.109. The van der Waals surface area contributed by atoms with Gasteiger partial charge < -0.3 is 24.3 Å². The number of guanidine groups is 1. The van der Waals surface area contributed by atoms with Crippen molar-refractivity contribution in [1.82, 2.24) is 25.0 Å². The number of nitrogens with one attached hydrogen (secondary N) is 1.